The molecule has 4 heterocycles. The van der Waals surface area contributed by atoms with E-state index < -0.39 is 0 Å². The lowest BCUT2D eigenvalue weighted by Crippen LogP contribution is -2.00. The average molecular weight is 830 g/mol. The molecule has 61 heavy (non-hydrogen) atoms. The fraction of sp³-hybridized carbons (Fsp3) is 0. The average Bonchev–Trinajstić information content (AvgIpc) is 4.01. The SMILES string of the molecule is c1ccc2cc(-c3nc(-c4cc(-c5ccc6sc7ccccc7c6c5)cc(-c5ccc6sc7ccccc7c6c5)c4)nc(-c4ccc5sc6ccccc6c5c4)n3)ccc2c1. The third-order valence-corrected chi connectivity index (χ3v) is 15.3. The van der Waals surface area contributed by atoms with Gasteiger partial charge in [-0.2, -0.15) is 0 Å². The summed E-state index contributed by atoms with van der Waals surface area (Å²) in [6.45, 7) is 0. The van der Waals surface area contributed by atoms with Crippen molar-refractivity contribution in [2.45, 2.75) is 0 Å². The van der Waals surface area contributed by atoms with Crippen molar-refractivity contribution in [3.63, 3.8) is 0 Å². The van der Waals surface area contributed by atoms with Gasteiger partial charge in [0.1, 0.15) is 0 Å². The monoisotopic (exact) mass is 829 g/mol. The molecule has 0 saturated carbocycles. The zero-order valence-electron chi connectivity index (χ0n) is 32.5. The van der Waals surface area contributed by atoms with Gasteiger partial charge in [-0.3, -0.25) is 0 Å². The lowest BCUT2D eigenvalue weighted by atomic mass is 9.94. The number of aromatic nitrogens is 3. The Bertz CT molecular complexity index is 3780. The molecule has 0 saturated heterocycles. The number of benzene rings is 9. The van der Waals surface area contributed by atoms with Crippen LogP contribution in [0.2, 0.25) is 0 Å². The summed E-state index contributed by atoms with van der Waals surface area (Å²) in [6, 6.07) is 68.2. The number of hydrogen-bond acceptors (Lipinski definition) is 6. The van der Waals surface area contributed by atoms with Gasteiger partial charge in [0.2, 0.25) is 0 Å². The summed E-state index contributed by atoms with van der Waals surface area (Å²) < 4.78 is 7.69. The van der Waals surface area contributed by atoms with Crippen LogP contribution in [0.1, 0.15) is 0 Å². The summed E-state index contributed by atoms with van der Waals surface area (Å²) in [5.74, 6) is 1.93. The molecule has 0 aliphatic heterocycles. The van der Waals surface area contributed by atoms with Crippen LogP contribution in [0.3, 0.4) is 0 Å². The molecule has 13 rings (SSSR count). The summed E-state index contributed by atoms with van der Waals surface area (Å²) >= 11 is 5.51. The van der Waals surface area contributed by atoms with Gasteiger partial charge in [0.15, 0.2) is 17.5 Å². The highest BCUT2D eigenvalue weighted by Gasteiger charge is 2.18. The molecule has 6 heteroatoms. The molecule has 0 aliphatic carbocycles. The minimum absolute atomic E-state index is 0.635. The predicted octanol–water partition coefficient (Wildman–Crippen LogP) is 16.5. The molecule has 0 fully saturated rings. The molecule has 0 unspecified atom stereocenters. The van der Waals surface area contributed by atoms with Gasteiger partial charge in [-0.1, -0.05) is 103 Å². The fourth-order valence-corrected chi connectivity index (χ4v) is 12.1. The molecule has 284 valence electrons. The first-order valence-corrected chi connectivity index (χ1v) is 22.8. The number of thiophene rings is 3. The minimum Gasteiger partial charge on any atom is -0.208 e. The van der Waals surface area contributed by atoms with E-state index in [0.717, 1.165) is 44.3 Å². The van der Waals surface area contributed by atoms with Crippen LogP contribution in [-0.2, 0) is 0 Å². The molecular weight excluding hydrogens is 799 g/mol. The van der Waals surface area contributed by atoms with E-state index in [1.165, 1.54) is 65.9 Å². The molecule has 0 atom stereocenters. The maximum atomic E-state index is 5.35. The van der Waals surface area contributed by atoms with Crippen molar-refractivity contribution in [2.24, 2.45) is 0 Å². The number of fused-ring (bicyclic) bond motifs is 10. The molecule has 0 aliphatic rings. The molecular formula is C55H31N3S3. The molecule has 4 aromatic heterocycles. The van der Waals surface area contributed by atoms with Crippen molar-refractivity contribution in [1.82, 2.24) is 15.0 Å². The van der Waals surface area contributed by atoms with Gasteiger partial charge >= 0.3 is 0 Å². The van der Waals surface area contributed by atoms with Crippen molar-refractivity contribution < 1.29 is 0 Å². The van der Waals surface area contributed by atoms with Gasteiger partial charge in [-0.05, 0) is 118 Å². The number of rotatable bonds is 5. The van der Waals surface area contributed by atoms with E-state index in [0.29, 0.717) is 17.5 Å². The first kappa shape index (κ1) is 34.7. The van der Waals surface area contributed by atoms with Gasteiger partial charge in [0, 0.05) is 77.2 Å². The second-order valence-corrected chi connectivity index (χ2v) is 18.8. The van der Waals surface area contributed by atoms with Crippen LogP contribution in [0.25, 0.3) is 128 Å². The Kier molecular flexibility index (Phi) is 7.82. The van der Waals surface area contributed by atoms with Crippen LogP contribution in [0.15, 0.2) is 188 Å². The molecule has 9 aromatic carbocycles. The van der Waals surface area contributed by atoms with E-state index in [1.807, 2.05) is 34.0 Å². The van der Waals surface area contributed by atoms with E-state index in [2.05, 4.69) is 188 Å². The molecule has 13 aromatic rings. The third kappa shape index (κ3) is 5.87. The Hall–Kier alpha value is -7.09. The van der Waals surface area contributed by atoms with Crippen LogP contribution < -0.4 is 0 Å². The van der Waals surface area contributed by atoms with E-state index >= 15 is 0 Å². The highest BCUT2D eigenvalue weighted by Crippen LogP contribution is 2.42. The van der Waals surface area contributed by atoms with Gasteiger partial charge in [-0.25, -0.2) is 15.0 Å². The quantitative estimate of drug-likeness (QED) is 0.173. The molecule has 0 radical (unpaired) electrons. The van der Waals surface area contributed by atoms with Crippen molar-refractivity contribution >= 4 is 105 Å². The van der Waals surface area contributed by atoms with Crippen LogP contribution in [-0.4, -0.2) is 15.0 Å². The first-order chi connectivity index (χ1) is 30.1. The molecule has 0 amide bonds. The van der Waals surface area contributed by atoms with E-state index in [9.17, 15) is 0 Å². The largest absolute Gasteiger partial charge is 0.208 e. The highest BCUT2D eigenvalue weighted by atomic mass is 32.1. The minimum atomic E-state index is 0.635. The Labute approximate surface area is 362 Å². The van der Waals surface area contributed by atoms with Crippen LogP contribution >= 0.6 is 34.0 Å². The van der Waals surface area contributed by atoms with Gasteiger partial charge < -0.3 is 0 Å². The first-order valence-electron chi connectivity index (χ1n) is 20.3. The Balaban J connectivity index is 1.05. The number of hydrogen-bond donors (Lipinski definition) is 0. The molecule has 0 bridgehead atoms. The Morgan fingerprint density at radius 3 is 1.11 bits per heavy atom. The van der Waals surface area contributed by atoms with Crippen molar-refractivity contribution in [2.75, 3.05) is 0 Å². The van der Waals surface area contributed by atoms with Crippen molar-refractivity contribution in [3.05, 3.63) is 188 Å². The van der Waals surface area contributed by atoms with Crippen molar-refractivity contribution in [3.8, 4) is 56.4 Å². The van der Waals surface area contributed by atoms with Crippen molar-refractivity contribution in [1.29, 1.82) is 0 Å². The van der Waals surface area contributed by atoms with Crippen LogP contribution in [0, 0.1) is 0 Å². The molecule has 3 nitrogen and oxygen atoms in total. The van der Waals surface area contributed by atoms with Gasteiger partial charge in [0.05, 0.1) is 0 Å². The summed E-state index contributed by atoms with van der Waals surface area (Å²) in [7, 11) is 0. The maximum Gasteiger partial charge on any atom is 0.164 e. The zero-order valence-corrected chi connectivity index (χ0v) is 34.9. The summed E-state index contributed by atoms with van der Waals surface area (Å²) in [5.41, 5.74) is 7.38. The lowest BCUT2D eigenvalue weighted by Gasteiger charge is -2.13. The molecule has 0 spiro atoms. The predicted molar refractivity (Wildman–Crippen MR) is 263 cm³/mol. The third-order valence-electron chi connectivity index (χ3n) is 11.9. The second-order valence-electron chi connectivity index (χ2n) is 15.6. The topological polar surface area (TPSA) is 38.7 Å². The van der Waals surface area contributed by atoms with Crippen LogP contribution in [0.5, 0.6) is 0 Å². The summed E-state index contributed by atoms with van der Waals surface area (Å²) in [4.78, 5) is 15.9. The normalized spacial score (nSPS) is 11.9. The standard InChI is InChI=1S/C55H31N3S3/c1-2-10-33-25-36(18-17-32(33)9-1)53-56-54(37-21-24-52-46(31-37)43-13-5-8-16-49(43)61-52)58-55(57-53)40-27-38(34-19-22-50-44(29-34)41-11-3-6-14-47(41)59-50)26-39(28-40)35-20-23-51-45(30-35)42-12-4-7-15-48(42)60-51/h1-31H. The lowest BCUT2D eigenvalue weighted by molar-refractivity contribution is 1.08. The Morgan fingerprint density at radius 1 is 0.230 bits per heavy atom. The zero-order chi connectivity index (χ0) is 40.0. The fourth-order valence-electron chi connectivity index (χ4n) is 8.86. The summed E-state index contributed by atoms with van der Waals surface area (Å²) in [6.07, 6.45) is 0. The van der Waals surface area contributed by atoms with E-state index in [1.54, 1.807) is 0 Å². The smallest absolute Gasteiger partial charge is 0.164 e. The number of nitrogens with zero attached hydrogens (tertiary/aromatic N) is 3. The van der Waals surface area contributed by atoms with Crippen LogP contribution in [0.4, 0.5) is 0 Å². The van der Waals surface area contributed by atoms with E-state index in [-0.39, 0.29) is 0 Å². The Morgan fingerprint density at radius 2 is 0.590 bits per heavy atom. The highest BCUT2D eigenvalue weighted by molar-refractivity contribution is 7.26. The molecule has 0 N–H and O–H groups in total. The van der Waals surface area contributed by atoms with Gasteiger partial charge in [0.25, 0.3) is 0 Å². The van der Waals surface area contributed by atoms with E-state index in [4.69, 9.17) is 15.0 Å². The second kappa shape index (κ2) is 13.7. The van der Waals surface area contributed by atoms with Gasteiger partial charge in [-0.15, -0.1) is 34.0 Å². The summed E-state index contributed by atoms with van der Waals surface area (Å²) in [5, 5.41) is 9.90. The maximum absolute atomic E-state index is 5.35.